The van der Waals surface area contributed by atoms with Gasteiger partial charge in [0.15, 0.2) is 0 Å². The summed E-state index contributed by atoms with van der Waals surface area (Å²) in [6, 6.07) is 12.8. The van der Waals surface area contributed by atoms with Gasteiger partial charge >= 0.3 is 0 Å². The van der Waals surface area contributed by atoms with Crippen molar-refractivity contribution in [1.29, 1.82) is 0 Å². The first-order chi connectivity index (χ1) is 13.0. The van der Waals surface area contributed by atoms with E-state index in [4.69, 9.17) is 9.15 Å². The van der Waals surface area contributed by atoms with Gasteiger partial charge in [-0.2, -0.15) is 0 Å². The van der Waals surface area contributed by atoms with E-state index >= 15 is 0 Å². The molecular weight excluding hydrogens is 344 g/mol. The number of nitrogens with zero attached hydrogens (tertiary/aromatic N) is 2. The van der Waals surface area contributed by atoms with Crippen LogP contribution in [0.2, 0.25) is 0 Å². The summed E-state index contributed by atoms with van der Waals surface area (Å²) in [5.74, 6) is 2.10. The van der Waals surface area contributed by atoms with Crippen LogP contribution in [-0.4, -0.2) is 22.0 Å². The Morgan fingerprint density at radius 2 is 2.00 bits per heavy atom. The quantitative estimate of drug-likeness (QED) is 0.660. The van der Waals surface area contributed by atoms with Crippen molar-refractivity contribution in [1.82, 2.24) is 15.3 Å². The number of ether oxygens (including phenoxy) is 1. The summed E-state index contributed by atoms with van der Waals surface area (Å²) in [5.41, 5.74) is 1.05. The summed E-state index contributed by atoms with van der Waals surface area (Å²) in [6.45, 7) is 5.97. The molecule has 0 radical (unpaired) electrons. The molecule has 3 rings (SSSR count). The van der Waals surface area contributed by atoms with Gasteiger partial charge in [0.2, 0.25) is 0 Å². The van der Waals surface area contributed by atoms with Crippen molar-refractivity contribution in [2.45, 2.75) is 33.4 Å². The molecule has 0 aliphatic heterocycles. The molecule has 0 aliphatic carbocycles. The highest BCUT2D eigenvalue weighted by atomic mass is 16.5. The number of carbonyl (C=O) groups excluding carboxylic acids is 1. The van der Waals surface area contributed by atoms with Gasteiger partial charge in [0.05, 0.1) is 24.6 Å². The van der Waals surface area contributed by atoms with E-state index in [1.54, 1.807) is 31.4 Å². The lowest BCUT2D eigenvalue weighted by atomic mass is 10.2. The molecule has 0 saturated carbocycles. The van der Waals surface area contributed by atoms with Crippen molar-refractivity contribution < 1.29 is 13.9 Å². The van der Waals surface area contributed by atoms with Crippen LogP contribution in [0.1, 0.15) is 35.9 Å². The average Bonchev–Trinajstić information content (AvgIpc) is 3.14. The zero-order valence-corrected chi connectivity index (χ0v) is 15.5. The van der Waals surface area contributed by atoms with E-state index in [1.165, 1.54) is 0 Å². The van der Waals surface area contributed by atoms with Gasteiger partial charge in [0.1, 0.15) is 28.8 Å². The third-order valence-corrected chi connectivity index (χ3v) is 3.59. The molecule has 0 spiro atoms. The molecule has 0 bridgehead atoms. The zero-order valence-electron chi connectivity index (χ0n) is 15.5. The van der Waals surface area contributed by atoms with Gasteiger partial charge in [-0.25, -0.2) is 9.97 Å². The number of hydrogen-bond donors (Lipinski definition) is 2. The monoisotopic (exact) mass is 366 g/mol. The Kier molecular flexibility index (Phi) is 5.71. The van der Waals surface area contributed by atoms with Crippen LogP contribution < -0.4 is 15.4 Å². The van der Waals surface area contributed by atoms with Crippen LogP contribution in [0.25, 0.3) is 0 Å². The molecule has 0 fully saturated rings. The van der Waals surface area contributed by atoms with Gasteiger partial charge in [-0.05, 0) is 45.0 Å². The van der Waals surface area contributed by atoms with Gasteiger partial charge in [-0.1, -0.05) is 12.1 Å². The Balaban J connectivity index is 1.76. The maximum Gasteiger partial charge on any atom is 0.270 e. The minimum absolute atomic E-state index is 0.0445. The van der Waals surface area contributed by atoms with Crippen LogP contribution in [0.5, 0.6) is 5.75 Å². The first-order valence-electron chi connectivity index (χ1n) is 8.70. The number of rotatable bonds is 7. The van der Waals surface area contributed by atoms with E-state index in [9.17, 15) is 4.79 Å². The fourth-order valence-corrected chi connectivity index (χ4v) is 2.48. The number of carbonyl (C=O) groups is 1. The van der Waals surface area contributed by atoms with E-state index in [2.05, 4.69) is 20.6 Å². The molecule has 140 valence electrons. The number of hydrogen-bond acceptors (Lipinski definition) is 6. The molecule has 0 aliphatic rings. The minimum atomic E-state index is -0.299. The summed E-state index contributed by atoms with van der Waals surface area (Å²) < 4.78 is 11.0. The van der Waals surface area contributed by atoms with Crippen molar-refractivity contribution in [3.8, 4) is 5.75 Å². The lowest BCUT2D eigenvalue weighted by Crippen LogP contribution is -2.24. The Morgan fingerprint density at radius 1 is 1.19 bits per heavy atom. The molecule has 1 amide bonds. The third kappa shape index (κ3) is 5.07. The third-order valence-electron chi connectivity index (χ3n) is 3.59. The highest BCUT2D eigenvalue weighted by molar-refractivity contribution is 5.93. The van der Waals surface area contributed by atoms with Crippen molar-refractivity contribution >= 4 is 17.4 Å². The molecule has 27 heavy (non-hydrogen) atoms. The fraction of sp³-hybridized carbons (Fsp3) is 0.250. The first kappa shape index (κ1) is 18.4. The van der Waals surface area contributed by atoms with Crippen LogP contribution in [-0.2, 0) is 6.54 Å². The van der Waals surface area contributed by atoms with E-state index < -0.39 is 0 Å². The molecule has 1 aromatic carbocycles. The van der Waals surface area contributed by atoms with Crippen LogP contribution in [0.15, 0.2) is 53.1 Å². The van der Waals surface area contributed by atoms with Crippen LogP contribution in [0, 0.1) is 6.92 Å². The zero-order chi connectivity index (χ0) is 19.2. The van der Waals surface area contributed by atoms with E-state index in [1.807, 2.05) is 38.1 Å². The fourth-order valence-electron chi connectivity index (χ4n) is 2.48. The van der Waals surface area contributed by atoms with E-state index in [0.717, 1.165) is 5.69 Å². The highest BCUT2D eigenvalue weighted by Crippen LogP contribution is 2.27. The number of furan rings is 1. The van der Waals surface area contributed by atoms with Gasteiger partial charge < -0.3 is 19.8 Å². The maximum absolute atomic E-state index is 12.4. The standard InChI is InChI=1S/C20H22N4O3/c1-13(2)27-18-9-5-4-8-16(18)24-19-11-17(22-14(3)23-19)20(25)21-12-15-7-6-10-26-15/h4-11,13H,12H2,1-3H3,(H,21,25)(H,22,23,24). The van der Waals surface area contributed by atoms with Gasteiger partial charge in [0.25, 0.3) is 5.91 Å². The van der Waals surface area contributed by atoms with Gasteiger partial charge in [-0.15, -0.1) is 0 Å². The van der Waals surface area contributed by atoms with E-state index in [0.29, 0.717) is 29.7 Å². The Labute approximate surface area is 157 Å². The lowest BCUT2D eigenvalue weighted by molar-refractivity contribution is 0.0942. The molecule has 0 unspecified atom stereocenters. The molecule has 0 atom stereocenters. The van der Waals surface area contributed by atoms with Gasteiger partial charge in [-0.3, -0.25) is 4.79 Å². The molecule has 0 saturated heterocycles. The summed E-state index contributed by atoms with van der Waals surface area (Å²) in [5, 5.41) is 5.99. The number of amides is 1. The van der Waals surface area contributed by atoms with Crippen molar-refractivity contribution in [2.24, 2.45) is 0 Å². The van der Waals surface area contributed by atoms with Crippen LogP contribution in [0.3, 0.4) is 0 Å². The number of aryl methyl sites for hydroxylation is 1. The molecule has 2 N–H and O–H groups in total. The summed E-state index contributed by atoms with van der Waals surface area (Å²) in [4.78, 5) is 21.0. The molecular formula is C20H22N4O3. The Bertz CT molecular complexity index is 907. The van der Waals surface area contributed by atoms with Crippen molar-refractivity contribution in [3.63, 3.8) is 0 Å². The maximum atomic E-state index is 12.4. The van der Waals surface area contributed by atoms with Crippen molar-refractivity contribution in [3.05, 3.63) is 66.0 Å². The predicted octanol–water partition coefficient (Wildman–Crippen LogP) is 3.84. The number of aromatic nitrogens is 2. The molecule has 2 aromatic heterocycles. The SMILES string of the molecule is Cc1nc(Nc2ccccc2OC(C)C)cc(C(=O)NCc2ccco2)n1. The Morgan fingerprint density at radius 3 is 2.74 bits per heavy atom. The van der Waals surface area contributed by atoms with Crippen LogP contribution >= 0.6 is 0 Å². The molecule has 7 heteroatoms. The topological polar surface area (TPSA) is 89.3 Å². The number of para-hydroxylation sites is 2. The second-order valence-corrected chi connectivity index (χ2v) is 6.24. The molecule has 7 nitrogen and oxygen atoms in total. The Hall–Kier alpha value is -3.35. The smallest absolute Gasteiger partial charge is 0.270 e. The molecule has 2 heterocycles. The average molecular weight is 366 g/mol. The normalized spacial score (nSPS) is 10.7. The molecule has 3 aromatic rings. The van der Waals surface area contributed by atoms with Gasteiger partial charge in [0, 0.05) is 6.07 Å². The second-order valence-electron chi connectivity index (χ2n) is 6.24. The summed E-state index contributed by atoms with van der Waals surface area (Å²) in [7, 11) is 0. The van der Waals surface area contributed by atoms with E-state index in [-0.39, 0.29) is 17.7 Å². The summed E-state index contributed by atoms with van der Waals surface area (Å²) in [6.07, 6.45) is 1.61. The number of benzene rings is 1. The first-order valence-corrected chi connectivity index (χ1v) is 8.70. The lowest BCUT2D eigenvalue weighted by Gasteiger charge is -2.15. The second kappa shape index (κ2) is 8.35. The number of anilines is 2. The van der Waals surface area contributed by atoms with Crippen molar-refractivity contribution in [2.75, 3.05) is 5.32 Å². The summed E-state index contributed by atoms with van der Waals surface area (Å²) >= 11 is 0. The minimum Gasteiger partial charge on any atom is -0.489 e. The predicted molar refractivity (Wildman–Crippen MR) is 102 cm³/mol. The number of nitrogens with one attached hydrogen (secondary N) is 2. The van der Waals surface area contributed by atoms with Crippen LogP contribution in [0.4, 0.5) is 11.5 Å². The highest BCUT2D eigenvalue weighted by Gasteiger charge is 2.12. The largest absolute Gasteiger partial charge is 0.489 e.